The predicted octanol–water partition coefficient (Wildman–Crippen LogP) is 1.85. The Morgan fingerprint density at radius 2 is 2.00 bits per heavy atom. The van der Waals surface area contributed by atoms with E-state index in [-0.39, 0.29) is 5.91 Å². The Morgan fingerprint density at radius 1 is 1.33 bits per heavy atom. The predicted molar refractivity (Wildman–Crippen MR) is 85.9 cm³/mol. The van der Waals surface area contributed by atoms with Crippen molar-refractivity contribution in [2.45, 2.75) is 44.7 Å². The molecule has 1 fully saturated rings. The summed E-state index contributed by atoms with van der Waals surface area (Å²) in [6, 6.07) is 10.5. The fourth-order valence-electron chi connectivity index (χ4n) is 3.00. The zero-order valence-electron chi connectivity index (χ0n) is 13.1. The van der Waals surface area contributed by atoms with Gasteiger partial charge < -0.3 is 5.73 Å². The summed E-state index contributed by atoms with van der Waals surface area (Å²) in [5.74, 6) is -0.294. The summed E-state index contributed by atoms with van der Waals surface area (Å²) < 4.78 is 0. The van der Waals surface area contributed by atoms with E-state index < -0.39 is 5.54 Å². The third-order valence-electron chi connectivity index (χ3n) is 4.18. The Kier molecular flexibility index (Phi) is 5.37. The normalized spacial score (nSPS) is 17.7. The van der Waals surface area contributed by atoms with Crippen LogP contribution in [0.2, 0.25) is 0 Å². The molecule has 3 N–H and O–H groups in total. The van der Waals surface area contributed by atoms with E-state index in [1.807, 2.05) is 37.3 Å². The smallest absolute Gasteiger partial charge is 0.243 e. The minimum Gasteiger partial charge on any atom is -0.368 e. The number of amides is 1. The molecular weight excluding hydrogens is 262 g/mol. The van der Waals surface area contributed by atoms with Crippen LogP contribution in [-0.4, -0.2) is 36.5 Å². The first kappa shape index (κ1) is 16.0. The van der Waals surface area contributed by atoms with Gasteiger partial charge in [0.05, 0.1) is 0 Å². The maximum Gasteiger partial charge on any atom is 0.243 e. The van der Waals surface area contributed by atoms with Gasteiger partial charge in [-0.1, -0.05) is 44.2 Å². The van der Waals surface area contributed by atoms with E-state index in [1.165, 1.54) is 12.8 Å². The lowest BCUT2D eigenvalue weighted by molar-refractivity contribution is -0.125. The monoisotopic (exact) mass is 289 g/mol. The summed E-state index contributed by atoms with van der Waals surface area (Å²) in [6.45, 7) is 6.57. The number of hydrogen-bond donors (Lipinski definition) is 2. The average molecular weight is 289 g/mol. The van der Waals surface area contributed by atoms with Crippen LogP contribution in [0.5, 0.6) is 0 Å². The van der Waals surface area contributed by atoms with Gasteiger partial charge in [0.25, 0.3) is 0 Å². The number of rotatable bonds is 9. The van der Waals surface area contributed by atoms with Crippen molar-refractivity contribution < 1.29 is 4.79 Å². The van der Waals surface area contributed by atoms with Crippen molar-refractivity contribution in [2.24, 2.45) is 5.73 Å². The highest BCUT2D eigenvalue weighted by Gasteiger charge is 2.42. The first-order valence-electron chi connectivity index (χ1n) is 7.98. The van der Waals surface area contributed by atoms with E-state index in [2.05, 4.69) is 17.1 Å². The molecule has 1 aliphatic rings. The molecule has 0 aromatic heterocycles. The third kappa shape index (κ3) is 3.63. The SMILES string of the molecule is CCCN(CC(NCC)(C(N)=O)c1ccccc1)C1CC1. The number of nitrogens with two attached hydrogens (primary N) is 1. The maximum atomic E-state index is 12.3. The number of carbonyl (C=O) groups is 1. The second-order valence-electron chi connectivity index (χ2n) is 5.87. The van der Waals surface area contributed by atoms with Gasteiger partial charge in [-0.2, -0.15) is 0 Å². The van der Waals surface area contributed by atoms with Crippen molar-refractivity contribution in [1.82, 2.24) is 10.2 Å². The summed E-state index contributed by atoms with van der Waals surface area (Å²) in [4.78, 5) is 14.7. The van der Waals surface area contributed by atoms with E-state index in [4.69, 9.17) is 5.73 Å². The van der Waals surface area contributed by atoms with Crippen molar-refractivity contribution in [1.29, 1.82) is 0 Å². The number of carbonyl (C=O) groups excluding carboxylic acids is 1. The molecule has 4 nitrogen and oxygen atoms in total. The first-order valence-corrected chi connectivity index (χ1v) is 7.98. The van der Waals surface area contributed by atoms with E-state index in [1.54, 1.807) is 0 Å². The van der Waals surface area contributed by atoms with Crippen LogP contribution in [0.1, 0.15) is 38.7 Å². The zero-order valence-corrected chi connectivity index (χ0v) is 13.1. The van der Waals surface area contributed by atoms with Gasteiger partial charge in [-0.3, -0.25) is 15.0 Å². The molecular formula is C17H27N3O. The summed E-state index contributed by atoms with van der Waals surface area (Å²) in [5, 5.41) is 3.37. The van der Waals surface area contributed by atoms with Crippen LogP contribution in [-0.2, 0) is 10.3 Å². The Morgan fingerprint density at radius 3 is 2.48 bits per heavy atom. The molecule has 1 amide bonds. The summed E-state index contributed by atoms with van der Waals surface area (Å²) in [6.07, 6.45) is 3.55. The first-order chi connectivity index (χ1) is 10.1. The Labute approximate surface area is 127 Å². The van der Waals surface area contributed by atoms with Crippen LogP contribution in [0.3, 0.4) is 0 Å². The van der Waals surface area contributed by atoms with Crippen LogP contribution < -0.4 is 11.1 Å². The van der Waals surface area contributed by atoms with Gasteiger partial charge in [0, 0.05) is 12.6 Å². The van der Waals surface area contributed by atoms with Gasteiger partial charge in [0.2, 0.25) is 5.91 Å². The highest BCUT2D eigenvalue weighted by molar-refractivity contribution is 5.86. The van der Waals surface area contributed by atoms with Crippen molar-refractivity contribution in [2.75, 3.05) is 19.6 Å². The summed E-state index contributed by atoms with van der Waals surface area (Å²) in [5.41, 5.74) is 5.99. The molecule has 0 radical (unpaired) electrons. The van der Waals surface area contributed by atoms with E-state index in [9.17, 15) is 4.79 Å². The van der Waals surface area contributed by atoms with Gasteiger partial charge in [0.15, 0.2) is 0 Å². The molecule has 21 heavy (non-hydrogen) atoms. The van der Waals surface area contributed by atoms with Crippen molar-refractivity contribution >= 4 is 5.91 Å². The Bertz CT molecular complexity index is 458. The van der Waals surface area contributed by atoms with Crippen LogP contribution in [0.15, 0.2) is 30.3 Å². The van der Waals surface area contributed by atoms with Crippen LogP contribution in [0.25, 0.3) is 0 Å². The van der Waals surface area contributed by atoms with E-state index in [0.29, 0.717) is 19.1 Å². The highest BCUT2D eigenvalue weighted by atomic mass is 16.1. The minimum absolute atomic E-state index is 0.294. The largest absolute Gasteiger partial charge is 0.368 e. The average Bonchev–Trinajstić information content (AvgIpc) is 3.31. The zero-order chi connectivity index (χ0) is 15.3. The minimum atomic E-state index is -0.798. The van der Waals surface area contributed by atoms with E-state index >= 15 is 0 Å². The van der Waals surface area contributed by atoms with Gasteiger partial charge in [-0.05, 0) is 37.9 Å². The lowest BCUT2D eigenvalue weighted by atomic mass is 9.88. The number of likely N-dealkylation sites (N-methyl/N-ethyl adjacent to an activating group) is 1. The molecule has 1 aromatic carbocycles. The van der Waals surface area contributed by atoms with Crippen LogP contribution in [0, 0.1) is 0 Å². The molecule has 1 aliphatic carbocycles. The molecule has 2 rings (SSSR count). The molecule has 4 heteroatoms. The Balaban J connectivity index is 2.32. The van der Waals surface area contributed by atoms with Crippen LogP contribution in [0.4, 0.5) is 0 Å². The van der Waals surface area contributed by atoms with Gasteiger partial charge in [-0.15, -0.1) is 0 Å². The quantitative estimate of drug-likeness (QED) is 0.729. The van der Waals surface area contributed by atoms with Crippen molar-refractivity contribution in [3.63, 3.8) is 0 Å². The lowest BCUT2D eigenvalue weighted by Crippen LogP contribution is -2.59. The fourth-order valence-corrected chi connectivity index (χ4v) is 3.00. The van der Waals surface area contributed by atoms with E-state index in [0.717, 1.165) is 18.5 Å². The molecule has 0 heterocycles. The molecule has 0 spiro atoms. The van der Waals surface area contributed by atoms with Crippen molar-refractivity contribution in [3.8, 4) is 0 Å². The molecule has 0 saturated heterocycles. The molecule has 0 aliphatic heterocycles. The lowest BCUT2D eigenvalue weighted by Gasteiger charge is -2.37. The molecule has 1 unspecified atom stereocenters. The molecule has 1 aromatic rings. The summed E-state index contributed by atoms with van der Waals surface area (Å²) >= 11 is 0. The standard InChI is InChI=1S/C17H27N3O/c1-3-12-20(15-10-11-15)13-17(16(18)21,19-4-2)14-8-6-5-7-9-14/h5-9,15,19H,3-4,10-13H2,1-2H3,(H2,18,21). The number of nitrogens with zero attached hydrogens (tertiary/aromatic N) is 1. The summed E-state index contributed by atoms with van der Waals surface area (Å²) in [7, 11) is 0. The number of hydrogen-bond acceptors (Lipinski definition) is 3. The maximum absolute atomic E-state index is 12.3. The fraction of sp³-hybridized carbons (Fsp3) is 0.588. The second-order valence-corrected chi connectivity index (χ2v) is 5.87. The second kappa shape index (κ2) is 7.05. The van der Waals surface area contributed by atoms with Crippen molar-refractivity contribution in [3.05, 3.63) is 35.9 Å². The van der Waals surface area contributed by atoms with Gasteiger partial charge in [-0.25, -0.2) is 0 Å². The van der Waals surface area contributed by atoms with Gasteiger partial charge >= 0.3 is 0 Å². The molecule has 116 valence electrons. The highest BCUT2D eigenvalue weighted by Crippen LogP contribution is 2.31. The number of benzene rings is 1. The number of primary amides is 1. The third-order valence-corrected chi connectivity index (χ3v) is 4.18. The Hall–Kier alpha value is -1.39. The molecule has 0 bridgehead atoms. The number of nitrogens with one attached hydrogen (secondary N) is 1. The topological polar surface area (TPSA) is 58.4 Å². The molecule has 1 saturated carbocycles. The molecule has 1 atom stereocenters. The van der Waals surface area contributed by atoms with Gasteiger partial charge in [0.1, 0.15) is 5.54 Å². The van der Waals surface area contributed by atoms with Crippen LogP contribution >= 0.6 is 0 Å².